The molecule has 0 saturated heterocycles. The smallest absolute Gasteiger partial charge is 0.147 e. The Balaban J connectivity index is 3.48. The van der Waals surface area contributed by atoms with E-state index in [1.54, 1.807) is 6.07 Å². The first kappa shape index (κ1) is 9.48. The van der Waals surface area contributed by atoms with E-state index >= 15 is 0 Å². The molecule has 1 aromatic heterocycles. The second-order valence-electron chi connectivity index (χ2n) is 2.22. The van der Waals surface area contributed by atoms with Gasteiger partial charge in [-0.1, -0.05) is 11.6 Å². The summed E-state index contributed by atoms with van der Waals surface area (Å²) in [5.74, 6) is 0. The molecule has 64 valence electrons. The van der Waals surface area contributed by atoms with Gasteiger partial charge in [-0.05, 0) is 34.5 Å². The standard InChI is InChI=1S/C7H7BrClN3/c1-4-2-5(9)12-7(6(4)8)11-3-10/h2-3H,1H3,(H2,10,11,12). The van der Waals surface area contributed by atoms with Crippen LogP contribution < -0.4 is 5.49 Å². The van der Waals surface area contributed by atoms with Gasteiger partial charge in [-0.2, -0.15) is 0 Å². The Labute approximate surface area is 83.1 Å². The first-order valence-corrected chi connectivity index (χ1v) is 4.40. The molecule has 0 saturated carbocycles. The molecule has 12 heavy (non-hydrogen) atoms. The molecule has 5 heteroatoms. The topological polar surface area (TPSA) is 52.0 Å². The minimum Gasteiger partial charge on any atom is -0.330 e. The van der Waals surface area contributed by atoms with E-state index in [2.05, 4.69) is 25.9 Å². The van der Waals surface area contributed by atoms with Crippen molar-refractivity contribution >= 4 is 33.9 Å². The quantitative estimate of drug-likeness (QED) is 0.435. The first-order valence-electron chi connectivity index (χ1n) is 3.23. The molecule has 0 aliphatic rings. The Morgan fingerprint density at radius 2 is 2.42 bits per heavy atom. The molecule has 0 radical (unpaired) electrons. The average molecular weight is 249 g/mol. The zero-order valence-corrected chi connectivity index (χ0v) is 8.70. The van der Waals surface area contributed by atoms with Gasteiger partial charge >= 0.3 is 0 Å². The summed E-state index contributed by atoms with van der Waals surface area (Å²) in [4.78, 5) is 6.60. The number of rotatable bonds is 1. The summed E-state index contributed by atoms with van der Waals surface area (Å²) in [7, 11) is 0. The van der Waals surface area contributed by atoms with Crippen LogP contribution in [0.2, 0.25) is 5.15 Å². The molecule has 2 N–H and O–H groups in total. The number of nitrogens with zero attached hydrogens (tertiary/aromatic N) is 1. The lowest BCUT2D eigenvalue weighted by atomic mass is 10.3. The molecular weight excluding hydrogens is 241 g/mol. The maximum absolute atomic E-state index is 6.80. The monoisotopic (exact) mass is 247 g/mol. The largest absolute Gasteiger partial charge is 0.330 e. The highest BCUT2D eigenvalue weighted by Crippen LogP contribution is 2.12. The number of aryl methyl sites for hydroxylation is 1. The fourth-order valence-electron chi connectivity index (χ4n) is 0.798. The van der Waals surface area contributed by atoms with Gasteiger partial charge in [-0.3, -0.25) is 5.41 Å². The molecule has 0 fully saturated rings. The summed E-state index contributed by atoms with van der Waals surface area (Å²) in [6.07, 6.45) is 0.965. The number of aromatic nitrogens is 1. The van der Waals surface area contributed by atoms with Crippen molar-refractivity contribution in [3.63, 3.8) is 0 Å². The number of H-pyrrole nitrogens is 1. The van der Waals surface area contributed by atoms with E-state index in [0.717, 1.165) is 16.4 Å². The summed E-state index contributed by atoms with van der Waals surface area (Å²) in [6, 6.07) is 1.79. The Morgan fingerprint density at radius 1 is 1.75 bits per heavy atom. The third-order valence-corrected chi connectivity index (χ3v) is 2.53. The molecule has 0 atom stereocenters. The molecule has 0 aliphatic carbocycles. The van der Waals surface area contributed by atoms with Crippen LogP contribution in [0.15, 0.2) is 15.5 Å². The molecule has 1 heterocycles. The Hall–Kier alpha value is -0.610. The van der Waals surface area contributed by atoms with Crippen LogP contribution in [-0.2, 0) is 0 Å². The number of aromatic amines is 1. The molecule has 0 unspecified atom stereocenters. The van der Waals surface area contributed by atoms with Gasteiger partial charge in [0.15, 0.2) is 0 Å². The number of hydrogen-bond acceptors (Lipinski definition) is 1. The molecule has 0 bridgehead atoms. The summed E-state index contributed by atoms with van der Waals surface area (Å²) in [5, 5.41) is 7.31. The zero-order valence-electron chi connectivity index (χ0n) is 6.36. The molecular formula is C7H7BrClN3. The first-order chi connectivity index (χ1) is 5.65. The summed E-state index contributed by atoms with van der Waals surface area (Å²) in [5.41, 5.74) is 1.55. The van der Waals surface area contributed by atoms with E-state index in [1.807, 2.05) is 6.92 Å². The fourth-order valence-corrected chi connectivity index (χ4v) is 1.37. The summed E-state index contributed by atoms with van der Waals surface area (Å²) in [6.45, 7) is 1.91. The number of pyridine rings is 1. The summed E-state index contributed by atoms with van der Waals surface area (Å²) >= 11 is 9.07. The number of nitrogens with one attached hydrogen (secondary N) is 2. The number of halogens is 2. The minimum atomic E-state index is 0.510. The van der Waals surface area contributed by atoms with Crippen molar-refractivity contribution in [1.82, 2.24) is 4.98 Å². The van der Waals surface area contributed by atoms with Crippen molar-refractivity contribution in [3.8, 4) is 0 Å². The van der Waals surface area contributed by atoms with Crippen LogP contribution in [0.1, 0.15) is 5.56 Å². The van der Waals surface area contributed by atoms with Crippen molar-refractivity contribution in [3.05, 3.63) is 26.7 Å². The Bertz CT molecular complexity index is 369. The highest BCUT2D eigenvalue weighted by atomic mass is 79.9. The fraction of sp³-hybridized carbons (Fsp3) is 0.143. The van der Waals surface area contributed by atoms with Crippen molar-refractivity contribution in [2.75, 3.05) is 0 Å². The lowest BCUT2D eigenvalue weighted by Crippen LogP contribution is -2.10. The predicted octanol–water partition coefficient (Wildman–Crippen LogP) is 2.25. The Kier molecular flexibility index (Phi) is 3.05. The SMILES string of the molecule is Cc1cc(Cl)[nH]/c(=N\C=N)c1Br. The maximum atomic E-state index is 6.80. The third kappa shape index (κ3) is 1.95. The Morgan fingerprint density at radius 3 is 3.00 bits per heavy atom. The van der Waals surface area contributed by atoms with E-state index < -0.39 is 0 Å². The molecule has 0 aliphatic heterocycles. The van der Waals surface area contributed by atoms with Gasteiger partial charge in [-0.15, -0.1) is 0 Å². The van der Waals surface area contributed by atoms with Crippen molar-refractivity contribution < 1.29 is 0 Å². The third-order valence-electron chi connectivity index (χ3n) is 1.33. The van der Waals surface area contributed by atoms with Gasteiger partial charge in [0.1, 0.15) is 17.0 Å². The zero-order chi connectivity index (χ0) is 9.14. The predicted molar refractivity (Wildman–Crippen MR) is 52.6 cm³/mol. The minimum absolute atomic E-state index is 0.510. The van der Waals surface area contributed by atoms with Gasteiger partial charge in [0.2, 0.25) is 0 Å². The summed E-state index contributed by atoms with van der Waals surface area (Å²) < 4.78 is 0.829. The van der Waals surface area contributed by atoms with E-state index in [1.165, 1.54) is 0 Å². The number of hydrogen-bond donors (Lipinski definition) is 2. The normalized spacial score (nSPS) is 11.8. The van der Waals surface area contributed by atoms with Gasteiger partial charge in [0, 0.05) is 0 Å². The van der Waals surface area contributed by atoms with Crippen LogP contribution in [0.3, 0.4) is 0 Å². The van der Waals surface area contributed by atoms with E-state index in [4.69, 9.17) is 17.0 Å². The lowest BCUT2D eigenvalue weighted by molar-refractivity contribution is 1.12. The second kappa shape index (κ2) is 3.87. The molecule has 0 spiro atoms. The van der Waals surface area contributed by atoms with Gasteiger partial charge in [-0.25, -0.2) is 4.99 Å². The lowest BCUT2D eigenvalue weighted by Gasteiger charge is -1.98. The van der Waals surface area contributed by atoms with E-state index in [9.17, 15) is 0 Å². The second-order valence-corrected chi connectivity index (χ2v) is 3.42. The maximum Gasteiger partial charge on any atom is 0.147 e. The van der Waals surface area contributed by atoms with Crippen molar-refractivity contribution in [2.45, 2.75) is 6.92 Å². The molecule has 0 aromatic carbocycles. The molecule has 0 amide bonds. The van der Waals surface area contributed by atoms with Crippen LogP contribution in [0.5, 0.6) is 0 Å². The average Bonchev–Trinajstić information content (AvgIpc) is 2.00. The van der Waals surface area contributed by atoms with Crippen LogP contribution in [0.25, 0.3) is 0 Å². The van der Waals surface area contributed by atoms with Crippen LogP contribution in [0, 0.1) is 12.3 Å². The van der Waals surface area contributed by atoms with Crippen LogP contribution in [-0.4, -0.2) is 11.3 Å². The molecule has 1 aromatic rings. The van der Waals surface area contributed by atoms with Gasteiger partial charge < -0.3 is 4.98 Å². The van der Waals surface area contributed by atoms with Crippen LogP contribution in [0.4, 0.5) is 0 Å². The van der Waals surface area contributed by atoms with Gasteiger partial charge in [0.05, 0.1) is 4.47 Å². The van der Waals surface area contributed by atoms with Crippen LogP contribution >= 0.6 is 27.5 Å². The molecule has 1 rings (SSSR count). The molecule has 3 nitrogen and oxygen atoms in total. The highest BCUT2D eigenvalue weighted by molar-refractivity contribution is 9.10. The van der Waals surface area contributed by atoms with Crippen molar-refractivity contribution in [1.29, 1.82) is 5.41 Å². The highest BCUT2D eigenvalue weighted by Gasteiger charge is 1.98. The van der Waals surface area contributed by atoms with E-state index in [0.29, 0.717) is 10.6 Å². The van der Waals surface area contributed by atoms with E-state index in [-0.39, 0.29) is 0 Å². The van der Waals surface area contributed by atoms with Gasteiger partial charge in [0.25, 0.3) is 0 Å². The van der Waals surface area contributed by atoms with Crippen molar-refractivity contribution in [2.24, 2.45) is 4.99 Å².